The fraction of sp³-hybridized carbons (Fsp3) is 0.385. The number of likely N-dealkylation sites (tertiary alicyclic amines) is 1. The first-order valence-corrected chi connectivity index (χ1v) is 7.58. The van der Waals surface area contributed by atoms with Crippen molar-refractivity contribution in [2.75, 3.05) is 18.5 Å². The highest BCUT2D eigenvalue weighted by molar-refractivity contribution is 6.41. The van der Waals surface area contributed by atoms with Gasteiger partial charge in [0.2, 0.25) is 5.91 Å². The predicted octanol–water partition coefficient (Wildman–Crippen LogP) is 3.10. The number of nitrogens with one attached hydrogen (secondary N) is 2. The Bertz CT molecular complexity index is 543. The van der Waals surface area contributed by atoms with E-state index in [1.165, 1.54) is 17.0 Å². The van der Waals surface area contributed by atoms with Gasteiger partial charge in [-0.3, -0.25) is 20.4 Å². The molecule has 2 N–H and O–H groups in total. The smallest absolute Gasteiger partial charge is 0.257 e. The number of amides is 2. The number of halogens is 3. The van der Waals surface area contributed by atoms with Gasteiger partial charge in [-0.2, -0.15) is 0 Å². The van der Waals surface area contributed by atoms with Crippen LogP contribution in [0.1, 0.15) is 19.3 Å². The summed E-state index contributed by atoms with van der Waals surface area (Å²) >= 11 is 17.8. The molecule has 1 saturated heterocycles. The lowest BCUT2D eigenvalue weighted by Gasteiger charge is -2.26. The van der Waals surface area contributed by atoms with Crippen molar-refractivity contribution < 1.29 is 9.59 Å². The molecular formula is C13H14Cl3N3O2. The van der Waals surface area contributed by atoms with Gasteiger partial charge in [-0.25, -0.2) is 0 Å². The van der Waals surface area contributed by atoms with Gasteiger partial charge in [0.25, 0.3) is 5.91 Å². The van der Waals surface area contributed by atoms with Crippen molar-refractivity contribution in [3.63, 3.8) is 0 Å². The van der Waals surface area contributed by atoms with E-state index in [-0.39, 0.29) is 18.4 Å². The lowest BCUT2D eigenvalue weighted by atomic mass is 10.1. The molecule has 1 fully saturated rings. The van der Waals surface area contributed by atoms with Crippen molar-refractivity contribution in [3.8, 4) is 0 Å². The Kier molecular flexibility index (Phi) is 5.56. The molecule has 0 radical (unpaired) electrons. The van der Waals surface area contributed by atoms with E-state index in [0.29, 0.717) is 33.7 Å². The van der Waals surface area contributed by atoms with Crippen LogP contribution in [-0.4, -0.2) is 29.8 Å². The number of hydrogen-bond acceptors (Lipinski definition) is 3. The average molecular weight is 351 g/mol. The molecule has 5 nitrogen and oxygen atoms in total. The fourth-order valence-corrected chi connectivity index (χ4v) is 2.95. The first kappa shape index (κ1) is 16.2. The molecule has 0 atom stereocenters. The van der Waals surface area contributed by atoms with Gasteiger partial charge < -0.3 is 4.90 Å². The Morgan fingerprint density at radius 1 is 1.19 bits per heavy atom. The van der Waals surface area contributed by atoms with Gasteiger partial charge in [0.05, 0.1) is 15.7 Å². The van der Waals surface area contributed by atoms with Crippen LogP contribution < -0.4 is 10.9 Å². The zero-order valence-corrected chi connectivity index (χ0v) is 13.4. The normalized spacial score (nSPS) is 15.0. The highest BCUT2D eigenvalue weighted by atomic mass is 35.5. The van der Waals surface area contributed by atoms with Crippen molar-refractivity contribution in [1.82, 2.24) is 10.3 Å². The monoisotopic (exact) mass is 349 g/mol. The third-order valence-corrected chi connectivity index (χ3v) is 3.90. The van der Waals surface area contributed by atoms with Crippen molar-refractivity contribution >= 4 is 52.3 Å². The summed E-state index contributed by atoms with van der Waals surface area (Å²) in [7, 11) is 0. The van der Waals surface area contributed by atoms with Crippen LogP contribution in [0.2, 0.25) is 15.1 Å². The number of nitrogens with zero attached hydrogens (tertiary/aromatic N) is 1. The van der Waals surface area contributed by atoms with Gasteiger partial charge in [-0.15, -0.1) is 0 Å². The van der Waals surface area contributed by atoms with Crippen LogP contribution in [0, 0.1) is 0 Å². The highest BCUT2D eigenvalue weighted by Crippen LogP contribution is 2.33. The molecule has 1 aliphatic heterocycles. The maximum absolute atomic E-state index is 11.8. The molecular weight excluding hydrogens is 337 g/mol. The van der Waals surface area contributed by atoms with Crippen molar-refractivity contribution in [1.29, 1.82) is 0 Å². The molecule has 21 heavy (non-hydrogen) atoms. The third kappa shape index (κ3) is 4.40. The van der Waals surface area contributed by atoms with Crippen LogP contribution >= 0.6 is 34.8 Å². The maximum atomic E-state index is 11.8. The van der Waals surface area contributed by atoms with Crippen LogP contribution in [0.5, 0.6) is 0 Å². The SMILES string of the molecule is O=C(CN1CCCCC1=O)NNc1c(Cl)cc(Cl)cc1Cl. The van der Waals surface area contributed by atoms with Crippen LogP contribution in [0.4, 0.5) is 5.69 Å². The van der Waals surface area contributed by atoms with Crippen LogP contribution in [0.25, 0.3) is 0 Å². The number of hydrazine groups is 1. The van der Waals surface area contributed by atoms with E-state index < -0.39 is 0 Å². The molecule has 0 spiro atoms. The second-order valence-electron chi connectivity index (χ2n) is 4.69. The number of benzene rings is 1. The molecule has 0 aromatic heterocycles. The molecule has 1 aliphatic rings. The molecule has 2 rings (SSSR count). The van der Waals surface area contributed by atoms with E-state index in [1.54, 1.807) is 0 Å². The van der Waals surface area contributed by atoms with Gasteiger partial charge in [0.1, 0.15) is 6.54 Å². The third-order valence-electron chi connectivity index (χ3n) is 3.09. The summed E-state index contributed by atoms with van der Waals surface area (Å²) in [6.07, 6.45) is 2.29. The van der Waals surface area contributed by atoms with Crippen molar-refractivity contribution in [3.05, 3.63) is 27.2 Å². The second-order valence-corrected chi connectivity index (χ2v) is 5.94. The van der Waals surface area contributed by atoms with E-state index in [1.807, 2.05) is 0 Å². The van der Waals surface area contributed by atoms with Gasteiger partial charge in [-0.1, -0.05) is 34.8 Å². The molecule has 2 amide bonds. The van der Waals surface area contributed by atoms with Crippen LogP contribution in [0.15, 0.2) is 12.1 Å². The number of hydrogen-bond donors (Lipinski definition) is 2. The van der Waals surface area contributed by atoms with E-state index in [0.717, 1.165) is 12.8 Å². The maximum Gasteiger partial charge on any atom is 0.257 e. The second kappa shape index (κ2) is 7.20. The lowest BCUT2D eigenvalue weighted by Crippen LogP contribution is -2.44. The van der Waals surface area contributed by atoms with Crippen molar-refractivity contribution in [2.45, 2.75) is 19.3 Å². The van der Waals surface area contributed by atoms with E-state index in [4.69, 9.17) is 34.8 Å². The molecule has 0 unspecified atom stereocenters. The van der Waals surface area contributed by atoms with E-state index in [9.17, 15) is 9.59 Å². The summed E-state index contributed by atoms with van der Waals surface area (Å²) in [6.45, 7) is 0.614. The number of carbonyl (C=O) groups excluding carboxylic acids is 2. The predicted molar refractivity (Wildman–Crippen MR) is 83.7 cm³/mol. The highest BCUT2D eigenvalue weighted by Gasteiger charge is 2.20. The minimum atomic E-state index is -0.340. The summed E-state index contributed by atoms with van der Waals surface area (Å²) in [5.74, 6) is -0.341. The summed E-state index contributed by atoms with van der Waals surface area (Å²) in [6, 6.07) is 3.02. The van der Waals surface area contributed by atoms with Gasteiger partial charge >= 0.3 is 0 Å². The zero-order chi connectivity index (χ0) is 15.4. The molecule has 1 aromatic rings. The summed E-state index contributed by atoms with van der Waals surface area (Å²) in [4.78, 5) is 25.0. The van der Waals surface area contributed by atoms with Gasteiger partial charge in [-0.05, 0) is 25.0 Å². The molecule has 114 valence electrons. The number of anilines is 1. The fourth-order valence-electron chi connectivity index (χ4n) is 2.04. The molecule has 1 heterocycles. The van der Waals surface area contributed by atoms with E-state index >= 15 is 0 Å². The van der Waals surface area contributed by atoms with E-state index in [2.05, 4.69) is 10.9 Å². The zero-order valence-electron chi connectivity index (χ0n) is 11.1. The summed E-state index contributed by atoms with van der Waals surface area (Å²) < 4.78 is 0. The molecule has 8 heteroatoms. The Hall–Kier alpha value is -1.17. The first-order chi connectivity index (χ1) is 9.97. The molecule has 0 aliphatic carbocycles. The minimum Gasteiger partial charge on any atom is -0.333 e. The van der Waals surface area contributed by atoms with Crippen LogP contribution in [-0.2, 0) is 9.59 Å². The standard InChI is InChI=1S/C13H14Cl3N3O2/c14-8-5-9(15)13(10(16)6-8)18-17-11(20)7-19-4-2-1-3-12(19)21/h5-6,18H,1-4,7H2,(H,17,20). The molecule has 0 saturated carbocycles. The Balaban J connectivity index is 1.91. The minimum absolute atomic E-state index is 0.000965. The Morgan fingerprint density at radius 3 is 2.48 bits per heavy atom. The Labute approximate surface area is 137 Å². The topological polar surface area (TPSA) is 61.4 Å². The van der Waals surface area contributed by atoms with Gasteiger partial charge in [0.15, 0.2) is 0 Å². The lowest BCUT2D eigenvalue weighted by molar-refractivity contribution is -0.137. The first-order valence-electron chi connectivity index (χ1n) is 6.44. The quantitative estimate of drug-likeness (QED) is 0.820. The largest absolute Gasteiger partial charge is 0.333 e. The average Bonchev–Trinajstić information content (AvgIpc) is 2.40. The van der Waals surface area contributed by atoms with Crippen molar-refractivity contribution in [2.24, 2.45) is 0 Å². The molecule has 0 bridgehead atoms. The number of rotatable bonds is 4. The summed E-state index contributed by atoms with van der Waals surface area (Å²) in [5.41, 5.74) is 5.49. The number of carbonyl (C=O) groups is 2. The summed E-state index contributed by atoms with van der Waals surface area (Å²) in [5, 5.41) is 0.990. The number of piperidine rings is 1. The Morgan fingerprint density at radius 2 is 1.86 bits per heavy atom. The van der Waals surface area contributed by atoms with Gasteiger partial charge in [0, 0.05) is 18.0 Å². The van der Waals surface area contributed by atoms with Crippen LogP contribution in [0.3, 0.4) is 0 Å². The molecule has 1 aromatic carbocycles.